The van der Waals surface area contributed by atoms with Gasteiger partial charge in [0.25, 0.3) is 5.91 Å². The number of hydrogen-bond donors (Lipinski definition) is 2. The van der Waals surface area contributed by atoms with Gasteiger partial charge < -0.3 is 24.2 Å². The van der Waals surface area contributed by atoms with E-state index in [1.165, 1.54) is 16.7 Å². The van der Waals surface area contributed by atoms with Crippen molar-refractivity contribution in [1.29, 1.82) is 0 Å². The number of hydrogen-bond acceptors (Lipinski definition) is 9. The van der Waals surface area contributed by atoms with Crippen molar-refractivity contribution >= 4 is 50.6 Å². The van der Waals surface area contributed by atoms with Crippen molar-refractivity contribution in [3.63, 3.8) is 0 Å². The van der Waals surface area contributed by atoms with Crippen molar-refractivity contribution in [2.45, 2.75) is 19.6 Å². The summed E-state index contributed by atoms with van der Waals surface area (Å²) in [7, 11) is -2.91. The predicted molar refractivity (Wildman–Crippen MR) is 121 cm³/mol. The summed E-state index contributed by atoms with van der Waals surface area (Å²) >= 11 is 1.37. The van der Waals surface area contributed by atoms with E-state index in [1.54, 1.807) is 25.1 Å². The molecule has 3 N–H and O–H groups in total. The fraction of sp³-hybridized carbons (Fsp3) is 0.143. The van der Waals surface area contributed by atoms with Crippen LogP contribution in [0, 0.1) is 0 Å². The third-order valence-electron chi connectivity index (χ3n) is 4.33. The van der Waals surface area contributed by atoms with Crippen molar-refractivity contribution in [3.8, 4) is 5.75 Å². The van der Waals surface area contributed by atoms with Gasteiger partial charge in [-0.3, -0.25) is 4.79 Å². The summed E-state index contributed by atoms with van der Waals surface area (Å²) in [6.45, 7) is 1.97. The first kappa shape index (κ1) is 21.7. The summed E-state index contributed by atoms with van der Waals surface area (Å²) in [6, 6.07) is 12.7. The zero-order valence-corrected chi connectivity index (χ0v) is 18.5. The van der Waals surface area contributed by atoms with Crippen LogP contribution in [0.15, 0.2) is 65.0 Å². The second-order valence-electron chi connectivity index (χ2n) is 6.69. The van der Waals surface area contributed by atoms with Crippen LogP contribution >= 0.6 is 21.9 Å². The molecule has 4 rings (SSSR count). The molecule has 166 valence electrons. The minimum Gasteiger partial charge on any atom is -0.481 e. The maximum absolute atomic E-state index is 12.3. The molecule has 0 saturated carbocycles. The van der Waals surface area contributed by atoms with Gasteiger partial charge in [0.1, 0.15) is 11.4 Å². The lowest BCUT2D eigenvalue weighted by molar-refractivity contribution is -0.129. The van der Waals surface area contributed by atoms with Crippen LogP contribution in [0.2, 0.25) is 0 Å². The molecule has 1 amide bonds. The highest BCUT2D eigenvalue weighted by Crippen LogP contribution is 2.58. The number of thiophene rings is 1. The highest BCUT2D eigenvalue weighted by atomic mass is 32.3. The maximum Gasteiger partial charge on any atom is 0.354 e. The average Bonchev–Trinajstić information content (AvgIpc) is 3.32. The van der Waals surface area contributed by atoms with Gasteiger partial charge in [0.2, 0.25) is 5.17 Å². The largest absolute Gasteiger partial charge is 0.481 e. The van der Waals surface area contributed by atoms with Gasteiger partial charge in [-0.25, -0.2) is 14.6 Å². The lowest BCUT2D eigenvalue weighted by Gasteiger charge is -2.32. The smallest absolute Gasteiger partial charge is 0.354 e. The number of rotatable bonds is 6. The number of aliphatic imine (C=N–C) groups is 1. The molecule has 9 nitrogen and oxygen atoms in total. The number of nitrogens with zero attached hydrogens (tertiary/aromatic N) is 1. The Morgan fingerprint density at radius 1 is 1.16 bits per heavy atom. The molecular weight excluding hydrogens is 454 g/mol. The SMILES string of the molecule is CC(Oc1ccccc1)C(=O)NCc1ccc(C2=CS3(OC(=O)C=CC(=O)O3)C(N)=N2)s1. The van der Waals surface area contributed by atoms with Crippen LogP contribution in [0.1, 0.15) is 16.7 Å². The Hall–Kier alpha value is -3.57. The Morgan fingerprint density at radius 2 is 1.84 bits per heavy atom. The molecule has 32 heavy (non-hydrogen) atoms. The van der Waals surface area contributed by atoms with Gasteiger partial charge in [0.05, 0.1) is 16.8 Å². The number of carbonyl (C=O) groups is 3. The lowest BCUT2D eigenvalue weighted by atomic mass is 10.3. The summed E-state index contributed by atoms with van der Waals surface area (Å²) in [5.74, 6) is -1.10. The van der Waals surface area contributed by atoms with Crippen molar-refractivity contribution in [3.05, 3.63) is 69.8 Å². The van der Waals surface area contributed by atoms with Gasteiger partial charge >= 0.3 is 11.9 Å². The molecule has 11 heteroatoms. The third kappa shape index (κ3) is 4.68. The van der Waals surface area contributed by atoms with Crippen molar-refractivity contribution in [2.24, 2.45) is 10.7 Å². The summed E-state index contributed by atoms with van der Waals surface area (Å²) in [5.41, 5.74) is 6.39. The Morgan fingerprint density at radius 3 is 2.53 bits per heavy atom. The molecule has 2 aliphatic heterocycles. The molecule has 0 saturated heterocycles. The van der Waals surface area contributed by atoms with E-state index in [4.69, 9.17) is 18.8 Å². The molecule has 2 aromatic rings. The van der Waals surface area contributed by atoms with Crippen LogP contribution in [0.3, 0.4) is 0 Å². The topological polar surface area (TPSA) is 129 Å². The van der Waals surface area contributed by atoms with E-state index in [1.807, 2.05) is 24.3 Å². The fourth-order valence-electron chi connectivity index (χ4n) is 2.80. The maximum atomic E-state index is 12.3. The van der Waals surface area contributed by atoms with Crippen molar-refractivity contribution < 1.29 is 27.5 Å². The van der Waals surface area contributed by atoms with Crippen molar-refractivity contribution in [2.75, 3.05) is 0 Å². The highest BCUT2D eigenvalue weighted by molar-refractivity contribution is 8.41. The van der Waals surface area contributed by atoms with Gasteiger partial charge in [-0.1, -0.05) is 18.2 Å². The van der Waals surface area contributed by atoms with Gasteiger partial charge in [0.15, 0.2) is 6.10 Å². The fourth-order valence-corrected chi connectivity index (χ4v) is 5.50. The highest BCUT2D eigenvalue weighted by Gasteiger charge is 2.38. The molecule has 0 fully saturated rings. The minimum atomic E-state index is -2.91. The Labute approximate surface area is 189 Å². The molecule has 1 unspecified atom stereocenters. The number of amides is 1. The molecular formula is C21H19N3O6S2. The number of nitrogens with two attached hydrogens (primary N) is 1. The first-order valence-electron chi connectivity index (χ1n) is 9.47. The number of carbonyl (C=O) groups excluding carboxylic acids is 3. The Balaban J connectivity index is 1.40. The van der Waals surface area contributed by atoms with E-state index in [9.17, 15) is 14.4 Å². The summed E-state index contributed by atoms with van der Waals surface area (Å²) in [4.78, 5) is 41.8. The molecule has 3 heterocycles. The zero-order valence-electron chi connectivity index (χ0n) is 16.8. The number of ether oxygens (including phenoxy) is 1. The normalized spacial score (nSPS) is 18.7. The first-order chi connectivity index (χ1) is 15.3. The molecule has 1 aromatic carbocycles. The Bertz CT molecular complexity index is 1140. The van der Waals surface area contributed by atoms with Gasteiger partial charge in [0, 0.05) is 17.0 Å². The molecule has 1 atom stereocenters. The summed E-state index contributed by atoms with van der Waals surface area (Å²) in [6.07, 6.45) is 1.31. The quantitative estimate of drug-likeness (QED) is 0.660. The zero-order chi connectivity index (χ0) is 22.7. The van der Waals surface area contributed by atoms with E-state index < -0.39 is 28.6 Å². The van der Waals surface area contributed by atoms with Gasteiger partial charge in [-0.15, -0.1) is 11.3 Å². The number of benzene rings is 1. The molecule has 0 bridgehead atoms. The Kier molecular flexibility index (Phi) is 6.01. The second-order valence-corrected chi connectivity index (χ2v) is 9.94. The van der Waals surface area contributed by atoms with Crippen LogP contribution < -0.4 is 15.8 Å². The van der Waals surface area contributed by atoms with Crippen LogP contribution in [-0.4, -0.2) is 29.1 Å². The van der Waals surface area contributed by atoms with E-state index in [2.05, 4.69) is 10.3 Å². The van der Waals surface area contributed by atoms with Crippen LogP contribution in [0.25, 0.3) is 5.70 Å². The second kappa shape index (κ2) is 8.89. The van der Waals surface area contributed by atoms with Crippen LogP contribution in [0.4, 0.5) is 0 Å². The standard InChI is InChI=1S/C21H19N3O6S2/c1-13(28-14-5-3-2-4-6-14)20(27)23-11-15-7-8-17(31-15)16-12-32(21(22)24-16)29-18(25)9-10-19(26)30-32/h2-10,12-13H,11H2,1H3,(H2,22,24)(H,23,27). The van der Waals surface area contributed by atoms with Crippen molar-refractivity contribution in [1.82, 2.24) is 5.32 Å². The predicted octanol–water partition coefficient (Wildman–Crippen LogP) is 2.75. The summed E-state index contributed by atoms with van der Waals surface area (Å²) < 4.78 is 16.2. The number of nitrogens with one attached hydrogen (secondary N) is 1. The number of para-hydroxylation sites is 1. The molecule has 2 aliphatic rings. The van der Waals surface area contributed by atoms with E-state index in [0.29, 0.717) is 18.0 Å². The third-order valence-corrected chi connectivity index (χ3v) is 7.47. The van der Waals surface area contributed by atoms with Crippen LogP contribution in [-0.2, 0) is 29.3 Å². The summed E-state index contributed by atoms with van der Waals surface area (Å²) in [5, 5.41) is 4.22. The van der Waals surface area contributed by atoms with E-state index in [-0.39, 0.29) is 11.1 Å². The van der Waals surface area contributed by atoms with Crippen LogP contribution in [0.5, 0.6) is 5.75 Å². The van der Waals surface area contributed by atoms with Gasteiger partial charge in [-0.2, -0.15) is 0 Å². The molecule has 1 aromatic heterocycles. The van der Waals surface area contributed by atoms with E-state index >= 15 is 0 Å². The lowest BCUT2D eigenvalue weighted by Crippen LogP contribution is -2.35. The number of amidine groups is 1. The monoisotopic (exact) mass is 473 g/mol. The van der Waals surface area contributed by atoms with E-state index in [0.717, 1.165) is 21.9 Å². The minimum absolute atomic E-state index is 0.0759. The molecule has 0 aliphatic carbocycles. The first-order valence-corrected chi connectivity index (χ1v) is 11.8. The molecule has 0 radical (unpaired) electrons. The molecule has 1 spiro atoms. The average molecular weight is 474 g/mol. The van der Waals surface area contributed by atoms with Gasteiger partial charge in [-0.05, 0) is 41.8 Å².